The summed E-state index contributed by atoms with van der Waals surface area (Å²) in [6.07, 6.45) is 0. The van der Waals surface area contributed by atoms with Gasteiger partial charge in [-0.05, 0) is 67.8 Å². The minimum absolute atomic E-state index is 1.13. The van der Waals surface area contributed by atoms with Crippen LogP contribution < -0.4 is 20.7 Å². The third kappa shape index (κ3) is 5.78. The van der Waals surface area contributed by atoms with Crippen molar-refractivity contribution >= 4 is 72.4 Å². The number of hydrogen-bond acceptors (Lipinski definition) is 0. The Morgan fingerprint density at radius 2 is 0.762 bits per heavy atom. The summed E-state index contributed by atoms with van der Waals surface area (Å²) in [4.78, 5) is 0. The standard InChI is InChI=1S/C60H42N2Si/c1-6-21-43(22-7-1)44-39-41-46(42-40-44)61-55-36-20-37-56(58(55)53-34-18-32-50(59(53)61)45-23-8-2-9-24-45)62-54-35-17-16-31-51(54)52-33-19-38-57(60(52)62)63(47-25-10-3-11-26-47,48-27-12-4-13-28-48)49-29-14-5-15-30-49/h1-42H. The molecule has 2 aromatic heterocycles. The van der Waals surface area contributed by atoms with Gasteiger partial charge in [0, 0.05) is 32.8 Å². The van der Waals surface area contributed by atoms with Crippen LogP contribution in [0, 0.1) is 0 Å². The van der Waals surface area contributed by atoms with E-state index >= 15 is 0 Å². The van der Waals surface area contributed by atoms with Crippen molar-refractivity contribution in [3.63, 3.8) is 0 Å². The van der Waals surface area contributed by atoms with Gasteiger partial charge in [0.15, 0.2) is 8.07 Å². The second-order valence-electron chi connectivity index (χ2n) is 16.4. The predicted molar refractivity (Wildman–Crippen MR) is 270 cm³/mol. The molecule has 2 heterocycles. The fourth-order valence-electron chi connectivity index (χ4n) is 10.4. The molecular formula is C60H42N2Si. The molecule has 0 spiro atoms. The Labute approximate surface area is 368 Å². The molecular weight excluding hydrogens is 777 g/mol. The van der Waals surface area contributed by atoms with Gasteiger partial charge in [-0.3, -0.25) is 0 Å². The molecule has 296 valence electrons. The highest BCUT2D eigenvalue weighted by Gasteiger charge is 2.43. The van der Waals surface area contributed by atoms with Gasteiger partial charge >= 0.3 is 0 Å². The first-order valence-corrected chi connectivity index (χ1v) is 23.8. The Balaban J connectivity index is 1.23. The zero-order valence-electron chi connectivity index (χ0n) is 34.6. The lowest BCUT2D eigenvalue weighted by molar-refractivity contribution is 1.17. The van der Waals surface area contributed by atoms with Crippen molar-refractivity contribution < 1.29 is 0 Å². The van der Waals surface area contributed by atoms with Gasteiger partial charge in [0.05, 0.1) is 27.8 Å². The summed E-state index contributed by atoms with van der Waals surface area (Å²) in [5, 5.41) is 10.4. The molecule has 0 fully saturated rings. The highest BCUT2D eigenvalue weighted by atomic mass is 28.3. The number of hydrogen-bond donors (Lipinski definition) is 0. The van der Waals surface area contributed by atoms with Gasteiger partial charge < -0.3 is 9.13 Å². The molecule has 0 saturated carbocycles. The average Bonchev–Trinajstić information content (AvgIpc) is 3.90. The summed E-state index contributed by atoms with van der Waals surface area (Å²) < 4.78 is 5.10. The first-order valence-electron chi connectivity index (χ1n) is 21.8. The van der Waals surface area contributed by atoms with E-state index in [1.54, 1.807) is 0 Å². The second kappa shape index (κ2) is 15.2. The fraction of sp³-hybridized carbons (Fsp3) is 0. The zero-order valence-corrected chi connectivity index (χ0v) is 35.6. The molecule has 12 rings (SSSR count). The van der Waals surface area contributed by atoms with Crippen molar-refractivity contribution in [2.75, 3.05) is 0 Å². The van der Waals surface area contributed by atoms with E-state index in [0.717, 1.165) is 11.4 Å². The Kier molecular flexibility index (Phi) is 8.87. The normalized spacial score (nSPS) is 11.8. The van der Waals surface area contributed by atoms with Crippen molar-refractivity contribution in [3.8, 4) is 33.6 Å². The summed E-state index contributed by atoms with van der Waals surface area (Å²) in [7, 11) is -2.97. The van der Waals surface area contributed by atoms with E-state index in [4.69, 9.17) is 0 Å². The minimum Gasteiger partial charge on any atom is -0.309 e. The van der Waals surface area contributed by atoms with Crippen LogP contribution in [-0.2, 0) is 0 Å². The van der Waals surface area contributed by atoms with Crippen LogP contribution in [0.2, 0.25) is 0 Å². The second-order valence-corrected chi connectivity index (χ2v) is 20.2. The summed E-state index contributed by atoms with van der Waals surface area (Å²) in [5.74, 6) is 0. The lowest BCUT2D eigenvalue weighted by Crippen LogP contribution is -2.75. The van der Waals surface area contributed by atoms with E-state index in [1.165, 1.54) is 86.6 Å². The molecule has 12 aromatic rings. The van der Waals surface area contributed by atoms with Gasteiger partial charge in [-0.25, -0.2) is 0 Å². The fourth-order valence-corrected chi connectivity index (χ4v) is 15.4. The van der Waals surface area contributed by atoms with E-state index in [2.05, 4.69) is 264 Å². The van der Waals surface area contributed by atoms with E-state index in [1.807, 2.05) is 0 Å². The molecule has 3 heteroatoms. The van der Waals surface area contributed by atoms with E-state index in [-0.39, 0.29) is 0 Å². The third-order valence-electron chi connectivity index (χ3n) is 13.1. The number of fused-ring (bicyclic) bond motifs is 6. The van der Waals surface area contributed by atoms with E-state index < -0.39 is 8.07 Å². The lowest BCUT2D eigenvalue weighted by atomic mass is 10.0. The minimum atomic E-state index is -2.97. The first kappa shape index (κ1) is 36.8. The Bertz CT molecular complexity index is 3480. The third-order valence-corrected chi connectivity index (χ3v) is 17.9. The number of benzene rings is 10. The monoisotopic (exact) mass is 818 g/mol. The molecule has 63 heavy (non-hydrogen) atoms. The van der Waals surface area contributed by atoms with Crippen LogP contribution in [0.5, 0.6) is 0 Å². The van der Waals surface area contributed by atoms with Gasteiger partial charge in [0.1, 0.15) is 0 Å². The van der Waals surface area contributed by atoms with Gasteiger partial charge in [-0.2, -0.15) is 0 Å². The highest BCUT2D eigenvalue weighted by molar-refractivity contribution is 7.20. The molecule has 0 amide bonds. The maximum Gasteiger partial charge on any atom is 0.181 e. The average molecular weight is 819 g/mol. The molecule has 2 nitrogen and oxygen atoms in total. The van der Waals surface area contributed by atoms with E-state index in [9.17, 15) is 0 Å². The van der Waals surface area contributed by atoms with Crippen LogP contribution in [0.25, 0.3) is 77.2 Å². The molecule has 0 atom stereocenters. The summed E-state index contributed by atoms with van der Waals surface area (Å²) in [5.41, 5.74) is 11.9. The number of aromatic nitrogens is 2. The van der Waals surface area contributed by atoms with E-state index in [0.29, 0.717) is 0 Å². The van der Waals surface area contributed by atoms with Crippen LogP contribution in [0.3, 0.4) is 0 Å². The summed E-state index contributed by atoms with van der Waals surface area (Å²) in [6, 6.07) is 94.3. The molecule has 0 aliphatic heterocycles. The van der Waals surface area contributed by atoms with Crippen molar-refractivity contribution in [1.29, 1.82) is 0 Å². The maximum absolute atomic E-state index is 2.97. The highest BCUT2D eigenvalue weighted by Crippen LogP contribution is 2.43. The van der Waals surface area contributed by atoms with Gasteiger partial charge in [-0.1, -0.05) is 224 Å². The molecule has 0 saturated heterocycles. The van der Waals surface area contributed by atoms with Crippen molar-refractivity contribution in [1.82, 2.24) is 9.13 Å². The van der Waals surface area contributed by atoms with Crippen molar-refractivity contribution in [3.05, 3.63) is 255 Å². The molecule has 0 aliphatic rings. The zero-order chi connectivity index (χ0) is 41.7. The van der Waals surface area contributed by atoms with Crippen LogP contribution in [-0.4, -0.2) is 17.2 Å². The van der Waals surface area contributed by atoms with Gasteiger partial charge in [-0.15, -0.1) is 0 Å². The van der Waals surface area contributed by atoms with Crippen LogP contribution in [0.15, 0.2) is 255 Å². The summed E-state index contributed by atoms with van der Waals surface area (Å²) >= 11 is 0. The number of nitrogens with zero attached hydrogens (tertiary/aromatic N) is 2. The number of para-hydroxylation sites is 3. The molecule has 0 unspecified atom stereocenters. The first-order chi connectivity index (χ1) is 31.3. The Hall–Kier alpha value is -7.98. The number of rotatable bonds is 8. The SMILES string of the molecule is c1ccc(-c2ccc(-n3c4cccc(-n5c6ccccc6c6cccc([Si](c7ccccc7)(c7ccccc7)c7ccccc7)c65)c4c4cccc(-c5ccccc5)c43)cc2)cc1. The van der Waals surface area contributed by atoms with Crippen LogP contribution in [0.4, 0.5) is 0 Å². The van der Waals surface area contributed by atoms with Crippen molar-refractivity contribution in [2.45, 2.75) is 0 Å². The predicted octanol–water partition coefficient (Wildman–Crippen LogP) is 12.6. The molecule has 0 N–H and O–H groups in total. The van der Waals surface area contributed by atoms with Crippen molar-refractivity contribution in [2.24, 2.45) is 0 Å². The van der Waals surface area contributed by atoms with Crippen LogP contribution >= 0.6 is 0 Å². The largest absolute Gasteiger partial charge is 0.309 e. The molecule has 0 aliphatic carbocycles. The maximum atomic E-state index is 2.61. The Morgan fingerprint density at radius 3 is 1.40 bits per heavy atom. The summed E-state index contributed by atoms with van der Waals surface area (Å²) in [6.45, 7) is 0. The van der Waals surface area contributed by atoms with Gasteiger partial charge in [0.2, 0.25) is 0 Å². The van der Waals surface area contributed by atoms with Crippen LogP contribution in [0.1, 0.15) is 0 Å². The topological polar surface area (TPSA) is 9.86 Å². The quantitative estimate of drug-likeness (QED) is 0.107. The Morgan fingerprint density at radius 1 is 0.286 bits per heavy atom. The van der Waals surface area contributed by atoms with Gasteiger partial charge in [0.25, 0.3) is 0 Å². The molecule has 0 radical (unpaired) electrons. The molecule has 0 bridgehead atoms. The molecule has 10 aromatic carbocycles. The smallest absolute Gasteiger partial charge is 0.181 e. The lowest BCUT2D eigenvalue weighted by Gasteiger charge is -2.35.